The zero-order valence-electron chi connectivity index (χ0n) is 14.5. The third-order valence-corrected chi connectivity index (χ3v) is 2.70. The highest BCUT2D eigenvalue weighted by atomic mass is 16.6. The van der Waals surface area contributed by atoms with Crippen molar-refractivity contribution in [2.45, 2.75) is 46.6 Å². The summed E-state index contributed by atoms with van der Waals surface area (Å²) in [4.78, 5) is 36.3. The molecule has 0 unspecified atom stereocenters. The molecule has 0 aromatic rings. The van der Waals surface area contributed by atoms with E-state index in [4.69, 9.17) is 4.74 Å². The normalized spacial score (nSPS) is 11.0. The number of hydrogen-bond donors (Lipinski definition) is 2. The van der Waals surface area contributed by atoms with Crippen molar-refractivity contribution in [2.24, 2.45) is 5.92 Å². The molecule has 128 valence electrons. The Labute approximate surface area is 132 Å². The van der Waals surface area contributed by atoms with Crippen molar-refractivity contribution in [1.82, 2.24) is 15.5 Å². The molecule has 0 aromatic carbocycles. The quantitative estimate of drug-likeness (QED) is 0.737. The standard InChI is InChI=1S/C15H29N3O4/c1-11(2)7-8-18(6)13(20)10-16-12(19)9-17-14(21)22-15(3,4)5/h11H,7-10H2,1-6H3,(H,16,19)(H,17,21). The maximum absolute atomic E-state index is 11.8. The van der Waals surface area contributed by atoms with Crippen LogP contribution in [0.1, 0.15) is 41.0 Å². The minimum Gasteiger partial charge on any atom is -0.444 e. The highest BCUT2D eigenvalue weighted by Gasteiger charge is 2.17. The van der Waals surface area contributed by atoms with Crippen LogP contribution in [0.15, 0.2) is 0 Å². The minimum atomic E-state index is -0.664. The number of hydrogen-bond acceptors (Lipinski definition) is 4. The van der Waals surface area contributed by atoms with Crippen LogP contribution in [0.5, 0.6) is 0 Å². The van der Waals surface area contributed by atoms with Crippen LogP contribution in [-0.4, -0.2) is 55.1 Å². The molecule has 2 N–H and O–H groups in total. The van der Waals surface area contributed by atoms with Gasteiger partial charge in [-0.2, -0.15) is 0 Å². The lowest BCUT2D eigenvalue weighted by atomic mass is 10.1. The van der Waals surface area contributed by atoms with E-state index >= 15 is 0 Å². The van der Waals surface area contributed by atoms with Gasteiger partial charge in [-0.25, -0.2) is 4.79 Å². The lowest BCUT2D eigenvalue weighted by molar-refractivity contribution is -0.131. The molecule has 0 rings (SSSR count). The number of nitrogens with zero attached hydrogens (tertiary/aromatic N) is 1. The van der Waals surface area contributed by atoms with E-state index in [1.807, 2.05) is 0 Å². The van der Waals surface area contributed by atoms with E-state index < -0.39 is 17.6 Å². The van der Waals surface area contributed by atoms with Crippen LogP contribution in [0.25, 0.3) is 0 Å². The lowest BCUT2D eigenvalue weighted by Gasteiger charge is -2.20. The third-order valence-electron chi connectivity index (χ3n) is 2.70. The van der Waals surface area contributed by atoms with Crippen molar-refractivity contribution in [2.75, 3.05) is 26.7 Å². The van der Waals surface area contributed by atoms with Gasteiger partial charge in [0.25, 0.3) is 0 Å². The topological polar surface area (TPSA) is 87.7 Å². The second-order valence-corrected chi connectivity index (χ2v) is 6.63. The van der Waals surface area contributed by atoms with Gasteiger partial charge in [0, 0.05) is 13.6 Å². The highest BCUT2D eigenvalue weighted by molar-refractivity contribution is 5.87. The van der Waals surface area contributed by atoms with Crippen LogP contribution in [0.4, 0.5) is 4.79 Å². The number of likely N-dealkylation sites (N-methyl/N-ethyl adjacent to an activating group) is 1. The molecular formula is C15H29N3O4. The first-order valence-corrected chi connectivity index (χ1v) is 7.48. The van der Waals surface area contributed by atoms with E-state index in [0.717, 1.165) is 6.42 Å². The molecular weight excluding hydrogens is 286 g/mol. The van der Waals surface area contributed by atoms with Gasteiger partial charge in [0.15, 0.2) is 0 Å². The smallest absolute Gasteiger partial charge is 0.408 e. The number of carbonyl (C=O) groups excluding carboxylic acids is 3. The zero-order chi connectivity index (χ0) is 17.3. The summed E-state index contributed by atoms with van der Waals surface area (Å²) in [5.74, 6) is -0.0781. The van der Waals surface area contributed by atoms with Crippen molar-refractivity contribution in [3.05, 3.63) is 0 Å². The van der Waals surface area contributed by atoms with Crippen LogP contribution < -0.4 is 10.6 Å². The average Bonchev–Trinajstić information content (AvgIpc) is 2.37. The molecule has 0 spiro atoms. The van der Waals surface area contributed by atoms with Crippen molar-refractivity contribution in [3.8, 4) is 0 Å². The van der Waals surface area contributed by atoms with Crippen LogP contribution in [0, 0.1) is 5.92 Å². The molecule has 0 heterocycles. The first-order chi connectivity index (χ1) is 10.0. The van der Waals surface area contributed by atoms with Gasteiger partial charge in [0.05, 0.1) is 6.54 Å². The number of rotatable bonds is 7. The molecule has 7 nitrogen and oxygen atoms in total. The summed E-state index contributed by atoms with van der Waals surface area (Å²) in [6, 6.07) is 0. The Morgan fingerprint density at radius 2 is 1.68 bits per heavy atom. The number of nitrogens with one attached hydrogen (secondary N) is 2. The summed E-state index contributed by atoms with van der Waals surface area (Å²) < 4.78 is 5.00. The lowest BCUT2D eigenvalue weighted by Crippen LogP contribution is -2.43. The van der Waals surface area contributed by atoms with Crippen LogP contribution in [0.2, 0.25) is 0 Å². The van der Waals surface area contributed by atoms with Crippen molar-refractivity contribution in [1.29, 1.82) is 0 Å². The minimum absolute atomic E-state index is 0.0799. The maximum atomic E-state index is 11.8. The summed E-state index contributed by atoms with van der Waals surface area (Å²) >= 11 is 0. The Balaban J connectivity index is 3.94. The third kappa shape index (κ3) is 10.9. The van der Waals surface area contributed by atoms with Crippen molar-refractivity contribution < 1.29 is 19.1 Å². The summed E-state index contributed by atoms with van der Waals surface area (Å²) in [5, 5.41) is 4.80. The molecule has 0 atom stereocenters. The molecule has 0 aromatic heterocycles. The number of alkyl carbamates (subject to hydrolysis) is 1. The van der Waals surface area contributed by atoms with E-state index in [9.17, 15) is 14.4 Å². The Bertz CT molecular complexity index is 389. The van der Waals surface area contributed by atoms with Gasteiger partial charge in [-0.05, 0) is 33.1 Å². The summed E-state index contributed by atoms with van der Waals surface area (Å²) in [6.07, 6.45) is 0.249. The molecule has 0 bridgehead atoms. The Kier molecular flexibility index (Phi) is 8.52. The van der Waals surface area contributed by atoms with Crippen LogP contribution in [-0.2, 0) is 14.3 Å². The van der Waals surface area contributed by atoms with Gasteiger partial charge in [-0.15, -0.1) is 0 Å². The maximum Gasteiger partial charge on any atom is 0.408 e. The van der Waals surface area contributed by atoms with E-state index in [-0.39, 0.29) is 19.0 Å². The van der Waals surface area contributed by atoms with E-state index in [2.05, 4.69) is 24.5 Å². The number of ether oxygens (including phenoxy) is 1. The van der Waals surface area contributed by atoms with Crippen molar-refractivity contribution in [3.63, 3.8) is 0 Å². The molecule has 3 amide bonds. The molecule has 0 aliphatic heterocycles. The van der Waals surface area contributed by atoms with Gasteiger partial charge < -0.3 is 20.3 Å². The van der Waals surface area contributed by atoms with Crippen LogP contribution in [0.3, 0.4) is 0 Å². The Morgan fingerprint density at radius 3 is 2.18 bits per heavy atom. The van der Waals surface area contributed by atoms with E-state index in [1.54, 1.807) is 32.7 Å². The second-order valence-electron chi connectivity index (χ2n) is 6.63. The molecule has 0 fully saturated rings. The predicted octanol–water partition coefficient (Wildman–Crippen LogP) is 1.13. The van der Waals surface area contributed by atoms with Crippen molar-refractivity contribution >= 4 is 17.9 Å². The van der Waals surface area contributed by atoms with Gasteiger partial charge in [-0.1, -0.05) is 13.8 Å². The predicted molar refractivity (Wildman–Crippen MR) is 84.3 cm³/mol. The molecule has 7 heteroatoms. The molecule has 0 aliphatic carbocycles. The summed E-state index contributed by atoms with van der Waals surface area (Å²) in [7, 11) is 1.70. The largest absolute Gasteiger partial charge is 0.444 e. The van der Waals surface area contributed by atoms with E-state index in [0.29, 0.717) is 12.5 Å². The molecule has 0 radical (unpaired) electrons. The zero-order valence-corrected chi connectivity index (χ0v) is 14.5. The first kappa shape index (κ1) is 20.2. The van der Waals surface area contributed by atoms with Gasteiger partial charge in [0.2, 0.25) is 11.8 Å². The molecule has 22 heavy (non-hydrogen) atoms. The Morgan fingerprint density at radius 1 is 1.09 bits per heavy atom. The second kappa shape index (κ2) is 9.27. The summed E-state index contributed by atoms with van der Waals surface area (Å²) in [5.41, 5.74) is -0.615. The fourth-order valence-corrected chi connectivity index (χ4v) is 1.41. The highest BCUT2D eigenvalue weighted by Crippen LogP contribution is 2.06. The molecule has 0 saturated carbocycles. The summed E-state index contributed by atoms with van der Waals surface area (Å²) in [6.45, 7) is 9.73. The monoisotopic (exact) mass is 315 g/mol. The first-order valence-electron chi connectivity index (χ1n) is 7.48. The fourth-order valence-electron chi connectivity index (χ4n) is 1.41. The molecule has 0 aliphatic rings. The Hall–Kier alpha value is -1.79. The van der Waals surface area contributed by atoms with Gasteiger partial charge in [0.1, 0.15) is 12.1 Å². The average molecular weight is 315 g/mol. The van der Waals surface area contributed by atoms with Gasteiger partial charge in [-0.3, -0.25) is 9.59 Å². The van der Waals surface area contributed by atoms with E-state index in [1.165, 1.54) is 0 Å². The number of carbonyl (C=O) groups is 3. The van der Waals surface area contributed by atoms with Crippen LogP contribution >= 0.6 is 0 Å². The molecule has 0 saturated heterocycles. The number of amides is 3. The van der Waals surface area contributed by atoms with Gasteiger partial charge >= 0.3 is 6.09 Å². The fraction of sp³-hybridized carbons (Fsp3) is 0.800. The SMILES string of the molecule is CC(C)CCN(C)C(=O)CNC(=O)CNC(=O)OC(C)(C)C.